The van der Waals surface area contributed by atoms with Crippen LogP contribution in [0.15, 0.2) is 53.0 Å². The molecule has 0 radical (unpaired) electrons. The summed E-state index contributed by atoms with van der Waals surface area (Å²) < 4.78 is 13.9. The van der Waals surface area contributed by atoms with Crippen LogP contribution in [0.5, 0.6) is 0 Å². The summed E-state index contributed by atoms with van der Waals surface area (Å²) in [6, 6.07) is 13.9. The minimum Gasteiger partial charge on any atom is -0.325 e. The van der Waals surface area contributed by atoms with Gasteiger partial charge >= 0.3 is 0 Å². The van der Waals surface area contributed by atoms with E-state index >= 15 is 0 Å². The molecular weight excluding hydrogens is 335 g/mol. The maximum Gasteiger partial charge on any atom is 0.238 e. The van der Waals surface area contributed by atoms with Gasteiger partial charge in [-0.05, 0) is 48.9 Å². The van der Waals surface area contributed by atoms with Gasteiger partial charge in [0.15, 0.2) is 0 Å². The number of hydrogen-bond donors (Lipinski definition) is 2. The first-order valence-electron chi connectivity index (χ1n) is 6.64. The van der Waals surface area contributed by atoms with Gasteiger partial charge in [0.1, 0.15) is 5.82 Å². The van der Waals surface area contributed by atoms with Crippen molar-refractivity contribution in [1.29, 1.82) is 0 Å². The van der Waals surface area contributed by atoms with Crippen LogP contribution in [0, 0.1) is 5.82 Å². The molecule has 0 unspecified atom stereocenters. The van der Waals surface area contributed by atoms with Crippen molar-refractivity contribution in [3.8, 4) is 0 Å². The molecule has 0 aliphatic heterocycles. The van der Waals surface area contributed by atoms with Crippen molar-refractivity contribution in [3.05, 3.63) is 64.4 Å². The Morgan fingerprint density at radius 3 is 2.71 bits per heavy atom. The van der Waals surface area contributed by atoms with Crippen LogP contribution in [0.3, 0.4) is 0 Å². The molecule has 2 N–H and O–H groups in total. The van der Waals surface area contributed by atoms with Gasteiger partial charge in [0, 0.05) is 10.2 Å². The van der Waals surface area contributed by atoms with Gasteiger partial charge in [0.2, 0.25) is 5.91 Å². The van der Waals surface area contributed by atoms with E-state index in [0.29, 0.717) is 13.0 Å². The third-order valence-corrected chi connectivity index (χ3v) is 3.37. The Balaban J connectivity index is 1.70. The molecule has 0 bridgehead atoms. The predicted molar refractivity (Wildman–Crippen MR) is 85.7 cm³/mol. The zero-order chi connectivity index (χ0) is 15.1. The summed E-state index contributed by atoms with van der Waals surface area (Å²) in [4.78, 5) is 11.7. The molecule has 2 aromatic rings. The number of carbonyl (C=O) groups excluding carboxylic acids is 1. The van der Waals surface area contributed by atoms with Crippen LogP contribution in [-0.4, -0.2) is 19.0 Å². The summed E-state index contributed by atoms with van der Waals surface area (Å²) in [5.41, 5.74) is 1.66. The van der Waals surface area contributed by atoms with E-state index in [4.69, 9.17) is 0 Å². The molecule has 110 valence electrons. The predicted octanol–water partition coefficient (Wildman–Crippen LogP) is 3.36. The molecular formula is C16H16BrFN2O. The molecule has 0 heterocycles. The Morgan fingerprint density at radius 1 is 1.14 bits per heavy atom. The molecule has 0 fully saturated rings. The molecule has 2 rings (SSSR count). The first-order valence-corrected chi connectivity index (χ1v) is 7.43. The minimum atomic E-state index is -0.236. The van der Waals surface area contributed by atoms with E-state index in [2.05, 4.69) is 26.6 Å². The second kappa shape index (κ2) is 7.90. The molecule has 0 spiro atoms. The molecule has 0 atom stereocenters. The van der Waals surface area contributed by atoms with E-state index in [-0.39, 0.29) is 18.3 Å². The molecule has 0 saturated carbocycles. The highest BCUT2D eigenvalue weighted by Crippen LogP contribution is 2.15. The molecule has 1 amide bonds. The monoisotopic (exact) mass is 350 g/mol. The highest BCUT2D eigenvalue weighted by atomic mass is 79.9. The van der Waals surface area contributed by atoms with E-state index in [9.17, 15) is 9.18 Å². The smallest absolute Gasteiger partial charge is 0.238 e. The fourth-order valence-corrected chi connectivity index (χ4v) is 2.30. The van der Waals surface area contributed by atoms with E-state index < -0.39 is 0 Å². The minimum absolute atomic E-state index is 0.104. The standard InChI is InChI=1S/C16H16BrFN2O/c17-13-4-2-6-15(10-13)20-16(21)11-19-8-7-12-3-1-5-14(18)9-12/h1-6,9-10,19H,7-8,11H2,(H,20,21). The van der Waals surface area contributed by atoms with Gasteiger partial charge in [-0.3, -0.25) is 4.79 Å². The van der Waals surface area contributed by atoms with E-state index in [1.165, 1.54) is 12.1 Å². The van der Waals surface area contributed by atoms with Crippen molar-refractivity contribution < 1.29 is 9.18 Å². The van der Waals surface area contributed by atoms with Crippen LogP contribution in [0.2, 0.25) is 0 Å². The molecule has 3 nitrogen and oxygen atoms in total. The number of benzene rings is 2. The first kappa shape index (κ1) is 15.7. The van der Waals surface area contributed by atoms with Crippen molar-refractivity contribution in [2.75, 3.05) is 18.4 Å². The lowest BCUT2D eigenvalue weighted by Gasteiger charge is -2.07. The van der Waals surface area contributed by atoms with Crippen LogP contribution in [0.25, 0.3) is 0 Å². The molecule has 0 saturated heterocycles. The summed E-state index contributed by atoms with van der Waals surface area (Å²) in [5.74, 6) is -0.341. The molecule has 0 aromatic heterocycles. The van der Waals surface area contributed by atoms with Crippen LogP contribution in [0.4, 0.5) is 10.1 Å². The van der Waals surface area contributed by atoms with Crippen LogP contribution < -0.4 is 10.6 Å². The zero-order valence-corrected chi connectivity index (χ0v) is 13.0. The van der Waals surface area contributed by atoms with Gasteiger partial charge in [-0.15, -0.1) is 0 Å². The number of amides is 1. The summed E-state index contributed by atoms with van der Waals surface area (Å²) >= 11 is 3.35. The van der Waals surface area contributed by atoms with Crippen molar-refractivity contribution in [2.45, 2.75) is 6.42 Å². The fourth-order valence-electron chi connectivity index (χ4n) is 1.90. The Labute approximate surface area is 131 Å². The molecule has 2 aromatic carbocycles. The normalized spacial score (nSPS) is 10.4. The van der Waals surface area contributed by atoms with Crippen molar-refractivity contribution in [2.24, 2.45) is 0 Å². The SMILES string of the molecule is O=C(CNCCc1cccc(F)c1)Nc1cccc(Br)c1. The third kappa shape index (κ3) is 5.65. The van der Waals surface area contributed by atoms with E-state index in [0.717, 1.165) is 15.7 Å². The largest absolute Gasteiger partial charge is 0.325 e. The van der Waals surface area contributed by atoms with Crippen molar-refractivity contribution in [3.63, 3.8) is 0 Å². The number of halogens is 2. The number of nitrogens with one attached hydrogen (secondary N) is 2. The number of carbonyl (C=O) groups is 1. The Hall–Kier alpha value is -1.72. The lowest BCUT2D eigenvalue weighted by Crippen LogP contribution is -2.29. The van der Waals surface area contributed by atoms with Gasteiger partial charge in [-0.2, -0.15) is 0 Å². The second-order valence-corrected chi connectivity index (χ2v) is 5.53. The van der Waals surface area contributed by atoms with Crippen molar-refractivity contribution >= 4 is 27.5 Å². The van der Waals surface area contributed by atoms with Crippen LogP contribution in [0.1, 0.15) is 5.56 Å². The van der Waals surface area contributed by atoms with Gasteiger partial charge in [0.05, 0.1) is 6.54 Å². The van der Waals surface area contributed by atoms with Crippen LogP contribution >= 0.6 is 15.9 Å². The Kier molecular flexibility index (Phi) is 5.90. The van der Waals surface area contributed by atoms with Crippen LogP contribution in [-0.2, 0) is 11.2 Å². The van der Waals surface area contributed by atoms with E-state index in [1.54, 1.807) is 6.07 Å². The topological polar surface area (TPSA) is 41.1 Å². The fraction of sp³-hybridized carbons (Fsp3) is 0.188. The van der Waals surface area contributed by atoms with Gasteiger partial charge in [-0.1, -0.05) is 34.1 Å². The maximum absolute atomic E-state index is 13.0. The van der Waals surface area contributed by atoms with E-state index in [1.807, 2.05) is 30.3 Å². The summed E-state index contributed by atoms with van der Waals surface area (Å²) in [6.45, 7) is 0.844. The van der Waals surface area contributed by atoms with Gasteiger partial charge in [-0.25, -0.2) is 4.39 Å². The van der Waals surface area contributed by atoms with Gasteiger partial charge < -0.3 is 10.6 Å². The highest BCUT2D eigenvalue weighted by Gasteiger charge is 2.02. The average molecular weight is 351 g/mol. The molecule has 21 heavy (non-hydrogen) atoms. The lowest BCUT2D eigenvalue weighted by atomic mass is 10.1. The average Bonchev–Trinajstić information content (AvgIpc) is 2.44. The Bertz CT molecular complexity index is 619. The summed E-state index contributed by atoms with van der Waals surface area (Å²) in [6.07, 6.45) is 0.682. The maximum atomic E-state index is 13.0. The Morgan fingerprint density at radius 2 is 1.95 bits per heavy atom. The molecule has 0 aliphatic carbocycles. The van der Waals surface area contributed by atoms with Gasteiger partial charge in [0.25, 0.3) is 0 Å². The summed E-state index contributed by atoms with van der Waals surface area (Å²) in [7, 11) is 0. The quantitative estimate of drug-likeness (QED) is 0.784. The number of hydrogen-bond acceptors (Lipinski definition) is 2. The third-order valence-electron chi connectivity index (χ3n) is 2.87. The molecule has 0 aliphatic rings. The highest BCUT2D eigenvalue weighted by molar-refractivity contribution is 9.10. The zero-order valence-electron chi connectivity index (χ0n) is 11.4. The second-order valence-electron chi connectivity index (χ2n) is 4.62. The number of rotatable bonds is 6. The van der Waals surface area contributed by atoms with Crippen molar-refractivity contribution in [1.82, 2.24) is 5.32 Å². The lowest BCUT2D eigenvalue weighted by molar-refractivity contribution is -0.115. The number of anilines is 1. The molecule has 5 heteroatoms. The summed E-state index contributed by atoms with van der Waals surface area (Å²) in [5, 5.41) is 5.84. The first-order chi connectivity index (χ1) is 10.1.